The molecule has 0 spiro atoms. The van der Waals surface area contributed by atoms with E-state index >= 15 is 0 Å². The first kappa shape index (κ1) is 23.4. The normalized spacial score (nSPS) is 12.9. The number of nitrogens with zero attached hydrogens (tertiary/aromatic N) is 1. The number of fused-ring (bicyclic) bond motifs is 1. The molecular formula is C28H30N2O4. The summed E-state index contributed by atoms with van der Waals surface area (Å²) in [4.78, 5) is 28.8. The lowest BCUT2D eigenvalue weighted by Gasteiger charge is -2.34. The summed E-state index contributed by atoms with van der Waals surface area (Å²) < 4.78 is 10.8. The van der Waals surface area contributed by atoms with E-state index in [0.29, 0.717) is 23.7 Å². The van der Waals surface area contributed by atoms with Gasteiger partial charge in [0.15, 0.2) is 11.5 Å². The van der Waals surface area contributed by atoms with Gasteiger partial charge in [0, 0.05) is 18.3 Å². The molecule has 0 saturated carbocycles. The lowest BCUT2D eigenvalue weighted by molar-refractivity contribution is -0.140. The molecule has 0 bridgehead atoms. The second kappa shape index (κ2) is 10.4. The van der Waals surface area contributed by atoms with Gasteiger partial charge >= 0.3 is 0 Å². The number of hydrogen-bond donors (Lipinski definition) is 1. The van der Waals surface area contributed by atoms with E-state index in [1.54, 1.807) is 23.1 Å². The zero-order valence-electron chi connectivity index (χ0n) is 19.8. The van der Waals surface area contributed by atoms with Gasteiger partial charge in [0.05, 0.1) is 6.42 Å². The van der Waals surface area contributed by atoms with Gasteiger partial charge in [0.1, 0.15) is 6.04 Å². The summed E-state index contributed by atoms with van der Waals surface area (Å²) in [6.07, 6.45) is 0.229. The highest BCUT2D eigenvalue weighted by molar-refractivity contribution is 5.97. The number of anilines is 1. The van der Waals surface area contributed by atoms with Gasteiger partial charge in [-0.05, 0) is 36.1 Å². The van der Waals surface area contributed by atoms with E-state index in [9.17, 15) is 9.59 Å². The van der Waals surface area contributed by atoms with Crippen molar-refractivity contribution in [3.63, 3.8) is 0 Å². The third-order valence-corrected chi connectivity index (χ3v) is 5.87. The number of carbonyl (C=O) groups excluding carboxylic acids is 2. The Balaban J connectivity index is 1.60. The molecule has 6 nitrogen and oxygen atoms in total. The maximum absolute atomic E-state index is 13.5. The fourth-order valence-electron chi connectivity index (χ4n) is 4.10. The van der Waals surface area contributed by atoms with Crippen LogP contribution in [0.2, 0.25) is 0 Å². The summed E-state index contributed by atoms with van der Waals surface area (Å²) in [6.45, 7) is 6.46. The molecule has 0 aromatic heterocycles. The van der Waals surface area contributed by atoms with Crippen LogP contribution in [0.3, 0.4) is 0 Å². The summed E-state index contributed by atoms with van der Waals surface area (Å²) >= 11 is 0. The third kappa shape index (κ3) is 5.57. The molecule has 1 aliphatic heterocycles. The predicted octanol–water partition coefficient (Wildman–Crippen LogP) is 4.96. The fraction of sp³-hybridized carbons (Fsp3) is 0.286. The Morgan fingerprint density at radius 1 is 0.912 bits per heavy atom. The highest BCUT2D eigenvalue weighted by atomic mass is 16.7. The van der Waals surface area contributed by atoms with E-state index in [2.05, 4.69) is 5.32 Å². The van der Waals surface area contributed by atoms with Crippen LogP contribution >= 0.6 is 0 Å². The Morgan fingerprint density at radius 2 is 1.62 bits per heavy atom. The van der Waals surface area contributed by atoms with Gasteiger partial charge in [-0.3, -0.25) is 9.59 Å². The SMILES string of the molecule is Cc1ccc(CN(C(=O)Cc2ccccc2)C(C(=O)Nc2ccc3c(c2)OCO3)C(C)C)cc1. The molecule has 1 N–H and O–H groups in total. The predicted molar refractivity (Wildman–Crippen MR) is 132 cm³/mol. The molecule has 1 unspecified atom stereocenters. The number of nitrogens with one attached hydrogen (secondary N) is 1. The number of benzene rings is 3. The van der Waals surface area contributed by atoms with Crippen molar-refractivity contribution in [2.75, 3.05) is 12.1 Å². The van der Waals surface area contributed by atoms with Gasteiger partial charge < -0.3 is 19.7 Å². The van der Waals surface area contributed by atoms with Gasteiger partial charge in [0.2, 0.25) is 18.6 Å². The minimum atomic E-state index is -0.650. The van der Waals surface area contributed by atoms with E-state index in [1.165, 1.54) is 0 Å². The minimum Gasteiger partial charge on any atom is -0.454 e. The van der Waals surface area contributed by atoms with Crippen LogP contribution < -0.4 is 14.8 Å². The zero-order valence-corrected chi connectivity index (χ0v) is 19.8. The average molecular weight is 459 g/mol. The maximum Gasteiger partial charge on any atom is 0.247 e. The first-order valence-corrected chi connectivity index (χ1v) is 11.5. The highest BCUT2D eigenvalue weighted by Crippen LogP contribution is 2.34. The monoisotopic (exact) mass is 458 g/mol. The van der Waals surface area contributed by atoms with Crippen LogP contribution in [-0.4, -0.2) is 29.5 Å². The molecule has 1 aliphatic rings. The maximum atomic E-state index is 13.5. The Bertz CT molecular complexity index is 1140. The number of rotatable bonds is 8. The Morgan fingerprint density at radius 3 is 2.32 bits per heavy atom. The molecule has 3 aromatic carbocycles. The van der Waals surface area contributed by atoms with E-state index in [1.807, 2.05) is 75.4 Å². The molecular weight excluding hydrogens is 428 g/mol. The third-order valence-electron chi connectivity index (χ3n) is 5.87. The molecule has 0 fully saturated rings. The fourth-order valence-corrected chi connectivity index (χ4v) is 4.10. The van der Waals surface area contributed by atoms with Crippen molar-refractivity contribution in [3.8, 4) is 11.5 Å². The Kier molecular flexibility index (Phi) is 7.16. The van der Waals surface area contributed by atoms with Crippen LogP contribution in [0.1, 0.15) is 30.5 Å². The Labute approximate surface area is 200 Å². The standard InChI is InChI=1S/C28H30N2O4/c1-19(2)27(28(32)29-23-13-14-24-25(16-23)34-18-33-24)30(17-22-11-9-20(3)10-12-22)26(31)15-21-7-5-4-6-8-21/h4-14,16,19,27H,15,17-18H2,1-3H3,(H,29,32). The molecule has 0 aliphatic carbocycles. The molecule has 6 heteroatoms. The second-order valence-corrected chi connectivity index (χ2v) is 8.92. The quantitative estimate of drug-likeness (QED) is 0.518. The molecule has 0 saturated heterocycles. The zero-order chi connectivity index (χ0) is 24.1. The van der Waals surface area contributed by atoms with Gasteiger partial charge in [-0.15, -0.1) is 0 Å². The lowest BCUT2D eigenvalue weighted by Crippen LogP contribution is -2.50. The van der Waals surface area contributed by atoms with E-state index < -0.39 is 6.04 Å². The van der Waals surface area contributed by atoms with Crippen molar-refractivity contribution < 1.29 is 19.1 Å². The summed E-state index contributed by atoms with van der Waals surface area (Å²) in [5.74, 6) is 0.820. The molecule has 0 radical (unpaired) electrons. The van der Waals surface area contributed by atoms with E-state index in [4.69, 9.17) is 9.47 Å². The van der Waals surface area contributed by atoms with Gasteiger partial charge in [-0.25, -0.2) is 0 Å². The number of amides is 2. The molecule has 176 valence electrons. The largest absolute Gasteiger partial charge is 0.454 e. The molecule has 1 atom stereocenters. The molecule has 2 amide bonds. The smallest absolute Gasteiger partial charge is 0.247 e. The molecule has 4 rings (SSSR count). The average Bonchev–Trinajstić information content (AvgIpc) is 3.28. The minimum absolute atomic E-state index is 0.0914. The molecule has 1 heterocycles. The first-order chi connectivity index (χ1) is 16.4. The Hall–Kier alpha value is -3.80. The number of ether oxygens (including phenoxy) is 2. The van der Waals surface area contributed by atoms with E-state index in [-0.39, 0.29) is 30.9 Å². The van der Waals surface area contributed by atoms with Crippen molar-refractivity contribution in [1.82, 2.24) is 4.90 Å². The van der Waals surface area contributed by atoms with Crippen molar-refractivity contribution in [2.24, 2.45) is 5.92 Å². The van der Waals surface area contributed by atoms with Crippen LogP contribution in [0.15, 0.2) is 72.8 Å². The summed E-state index contributed by atoms with van der Waals surface area (Å²) in [5, 5.41) is 2.98. The number of aryl methyl sites for hydroxylation is 1. The number of hydrogen-bond acceptors (Lipinski definition) is 4. The number of carbonyl (C=O) groups is 2. The molecule has 34 heavy (non-hydrogen) atoms. The highest BCUT2D eigenvalue weighted by Gasteiger charge is 2.33. The van der Waals surface area contributed by atoms with Crippen LogP contribution in [0, 0.1) is 12.8 Å². The van der Waals surface area contributed by atoms with Crippen LogP contribution in [0.4, 0.5) is 5.69 Å². The van der Waals surface area contributed by atoms with Gasteiger partial charge in [-0.2, -0.15) is 0 Å². The topological polar surface area (TPSA) is 67.9 Å². The van der Waals surface area contributed by atoms with Gasteiger partial charge in [0.25, 0.3) is 0 Å². The second-order valence-electron chi connectivity index (χ2n) is 8.92. The summed E-state index contributed by atoms with van der Waals surface area (Å²) in [7, 11) is 0. The van der Waals surface area contributed by atoms with Crippen molar-refractivity contribution in [2.45, 2.75) is 39.8 Å². The summed E-state index contributed by atoms with van der Waals surface area (Å²) in [5.41, 5.74) is 3.64. The van der Waals surface area contributed by atoms with Crippen molar-refractivity contribution in [1.29, 1.82) is 0 Å². The van der Waals surface area contributed by atoms with Crippen molar-refractivity contribution >= 4 is 17.5 Å². The van der Waals surface area contributed by atoms with Crippen LogP contribution in [0.5, 0.6) is 11.5 Å². The summed E-state index contributed by atoms with van der Waals surface area (Å²) in [6, 6.07) is 22.3. The first-order valence-electron chi connectivity index (χ1n) is 11.5. The molecule has 3 aromatic rings. The van der Waals surface area contributed by atoms with Crippen molar-refractivity contribution in [3.05, 3.63) is 89.5 Å². The van der Waals surface area contributed by atoms with Gasteiger partial charge in [-0.1, -0.05) is 74.0 Å². The lowest BCUT2D eigenvalue weighted by atomic mass is 9.98. The van der Waals surface area contributed by atoms with Crippen LogP contribution in [0.25, 0.3) is 0 Å². The van der Waals surface area contributed by atoms with Crippen LogP contribution in [-0.2, 0) is 22.6 Å². The van der Waals surface area contributed by atoms with E-state index in [0.717, 1.165) is 16.7 Å².